The fourth-order valence-electron chi connectivity index (χ4n) is 2.42. The minimum atomic E-state index is -4.06. The Labute approximate surface area is 161 Å². The highest BCUT2D eigenvalue weighted by Gasteiger charge is 2.24. The molecule has 0 saturated heterocycles. The van der Waals surface area contributed by atoms with Gasteiger partial charge in [0.25, 0.3) is 10.0 Å². The van der Waals surface area contributed by atoms with Crippen LogP contribution < -0.4 is 4.72 Å². The Kier molecular flexibility index (Phi) is 6.19. The molecule has 0 aromatic carbocycles. The first-order valence-electron chi connectivity index (χ1n) is 7.54. The normalized spacial score (nSPS) is 12.0. The molecule has 2 heterocycles. The van der Waals surface area contributed by atoms with Gasteiger partial charge in [-0.2, -0.15) is 5.10 Å². The molecule has 10 heteroatoms. The smallest absolute Gasteiger partial charge is 0.266 e. The third-order valence-corrected chi connectivity index (χ3v) is 6.70. The lowest BCUT2D eigenvalue weighted by Crippen LogP contribution is -2.32. The van der Waals surface area contributed by atoms with Crippen molar-refractivity contribution in [2.75, 3.05) is 0 Å². The largest absolute Gasteiger partial charge is 0.274 e. The maximum atomic E-state index is 12.3. The van der Waals surface area contributed by atoms with Crippen LogP contribution in [0, 0.1) is 19.8 Å². The molecule has 2 rings (SSSR count). The average molecular weight is 424 g/mol. The molecule has 1 N–H and O–H groups in total. The van der Waals surface area contributed by atoms with Crippen molar-refractivity contribution < 1.29 is 13.2 Å². The number of carbonyl (C=O) groups excluding carboxylic acids is 1. The fraction of sp³-hybridized carbons (Fsp3) is 0.467. The number of hydrogen-bond acceptors (Lipinski definition) is 5. The number of aromatic nitrogens is 2. The van der Waals surface area contributed by atoms with Gasteiger partial charge in [0.15, 0.2) is 0 Å². The van der Waals surface area contributed by atoms with E-state index in [2.05, 4.69) is 18.9 Å². The van der Waals surface area contributed by atoms with Crippen LogP contribution in [0.25, 0.3) is 0 Å². The molecule has 0 fully saturated rings. The lowest BCUT2D eigenvalue weighted by Gasteiger charge is -2.08. The number of rotatable bonds is 6. The first-order chi connectivity index (χ1) is 11.5. The zero-order valence-corrected chi connectivity index (χ0v) is 17.4. The van der Waals surface area contributed by atoms with Gasteiger partial charge in [-0.1, -0.05) is 37.0 Å². The molecule has 138 valence electrons. The van der Waals surface area contributed by atoms with E-state index in [9.17, 15) is 13.2 Å². The van der Waals surface area contributed by atoms with Crippen molar-refractivity contribution in [3.8, 4) is 0 Å². The number of carbonyl (C=O) groups is 1. The minimum absolute atomic E-state index is 0.0161. The second-order valence-corrected chi connectivity index (χ2v) is 10.1. The summed E-state index contributed by atoms with van der Waals surface area (Å²) in [6.45, 7) is 8.55. The second kappa shape index (κ2) is 7.65. The summed E-state index contributed by atoms with van der Waals surface area (Å²) in [5, 5.41) is 4.43. The highest BCUT2D eigenvalue weighted by molar-refractivity contribution is 7.90. The highest BCUT2D eigenvalue weighted by Crippen LogP contribution is 2.34. The monoisotopic (exact) mass is 423 g/mol. The summed E-state index contributed by atoms with van der Waals surface area (Å²) in [5.74, 6) is -0.237. The van der Waals surface area contributed by atoms with Crippen LogP contribution in [0.1, 0.15) is 30.8 Å². The number of sulfonamides is 1. The summed E-state index contributed by atoms with van der Waals surface area (Å²) >= 11 is 12.6. The summed E-state index contributed by atoms with van der Waals surface area (Å²) in [4.78, 5) is 12.1. The molecule has 0 bridgehead atoms. The Bertz CT molecular complexity index is 902. The van der Waals surface area contributed by atoms with Crippen LogP contribution in [0.5, 0.6) is 0 Å². The van der Waals surface area contributed by atoms with Crippen LogP contribution in [-0.2, 0) is 27.8 Å². The number of thiophene rings is 1. The molecule has 0 aliphatic heterocycles. The van der Waals surface area contributed by atoms with Crippen molar-refractivity contribution in [3.63, 3.8) is 0 Å². The van der Waals surface area contributed by atoms with Gasteiger partial charge in [-0.15, -0.1) is 11.3 Å². The van der Waals surface area contributed by atoms with Gasteiger partial charge < -0.3 is 0 Å². The van der Waals surface area contributed by atoms with Crippen molar-refractivity contribution in [1.29, 1.82) is 0 Å². The Balaban J connectivity index is 2.18. The molecule has 2 aromatic rings. The van der Waals surface area contributed by atoms with Crippen molar-refractivity contribution in [2.45, 2.75) is 45.6 Å². The van der Waals surface area contributed by atoms with Gasteiger partial charge in [-0.05, 0) is 25.8 Å². The molecule has 25 heavy (non-hydrogen) atoms. The molecular weight excluding hydrogens is 405 g/mol. The molecule has 0 atom stereocenters. The van der Waals surface area contributed by atoms with E-state index in [1.165, 1.54) is 6.07 Å². The topological polar surface area (TPSA) is 81.1 Å². The van der Waals surface area contributed by atoms with E-state index in [-0.39, 0.29) is 20.0 Å². The van der Waals surface area contributed by atoms with Gasteiger partial charge in [-0.3, -0.25) is 9.48 Å². The Hall–Kier alpha value is -1.09. The maximum Gasteiger partial charge on any atom is 0.266 e. The number of hydrogen-bond donors (Lipinski definition) is 1. The van der Waals surface area contributed by atoms with Crippen molar-refractivity contribution >= 4 is 50.5 Å². The quantitative estimate of drug-likeness (QED) is 0.769. The minimum Gasteiger partial charge on any atom is -0.274 e. The van der Waals surface area contributed by atoms with Crippen LogP contribution >= 0.6 is 34.5 Å². The van der Waals surface area contributed by atoms with Crippen molar-refractivity contribution in [3.05, 3.63) is 31.7 Å². The molecule has 0 aliphatic rings. The molecule has 0 radical (unpaired) electrons. The SMILES string of the molecule is Cc1nn(CC(C)C)c(C)c1CC(=O)NS(=O)(=O)c1cc(Cl)sc1Cl. The van der Waals surface area contributed by atoms with Crippen LogP contribution in [-0.4, -0.2) is 24.1 Å². The summed E-state index contributed by atoms with van der Waals surface area (Å²) < 4.78 is 28.7. The van der Waals surface area contributed by atoms with Gasteiger partial charge in [0.1, 0.15) is 9.23 Å². The fourth-order valence-corrected chi connectivity index (χ4v) is 5.56. The molecule has 0 aliphatic carbocycles. The summed E-state index contributed by atoms with van der Waals surface area (Å²) in [5.41, 5.74) is 2.29. The third-order valence-electron chi connectivity index (χ3n) is 3.57. The molecule has 0 unspecified atom stereocenters. The molecular formula is C15H19Cl2N3O3S2. The zero-order chi connectivity index (χ0) is 18.9. The molecule has 6 nitrogen and oxygen atoms in total. The first kappa shape index (κ1) is 20.2. The number of aryl methyl sites for hydroxylation is 1. The van der Waals surface area contributed by atoms with Crippen LogP contribution in [0.15, 0.2) is 11.0 Å². The van der Waals surface area contributed by atoms with Crippen LogP contribution in [0.4, 0.5) is 0 Å². The number of halogens is 2. The highest BCUT2D eigenvalue weighted by atomic mass is 35.5. The van der Waals surface area contributed by atoms with Crippen molar-refractivity contribution in [1.82, 2.24) is 14.5 Å². The Morgan fingerprint density at radius 1 is 1.36 bits per heavy atom. The number of amides is 1. The summed E-state index contributed by atoms with van der Waals surface area (Å²) in [7, 11) is -4.06. The van der Waals surface area contributed by atoms with E-state index in [1.807, 2.05) is 16.3 Å². The number of nitrogens with zero attached hydrogens (tertiary/aromatic N) is 2. The predicted molar refractivity (Wildman–Crippen MR) is 99.9 cm³/mol. The molecule has 0 spiro atoms. The Morgan fingerprint density at radius 2 is 2.00 bits per heavy atom. The average Bonchev–Trinajstić information content (AvgIpc) is 2.92. The Morgan fingerprint density at radius 3 is 2.52 bits per heavy atom. The first-order valence-corrected chi connectivity index (χ1v) is 10.6. The lowest BCUT2D eigenvalue weighted by molar-refractivity contribution is -0.118. The van der Waals surface area contributed by atoms with Gasteiger partial charge in [0.05, 0.1) is 16.5 Å². The molecule has 1 amide bonds. The summed E-state index contributed by atoms with van der Waals surface area (Å²) in [6, 6.07) is 1.22. The van der Waals surface area contributed by atoms with E-state index in [4.69, 9.17) is 23.2 Å². The van der Waals surface area contributed by atoms with Gasteiger partial charge in [-0.25, -0.2) is 13.1 Å². The van der Waals surface area contributed by atoms with Crippen LogP contribution in [0.2, 0.25) is 8.67 Å². The van der Waals surface area contributed by atoms with Crippen LogP contribution in [0.3, 0.4) is 0 Å². The molecule has 0 saturated carbocycles. The summed E-state index contributed by atoms with van der Waals surface area (Å²) in [6.07, 6.45) is -0.0789. The van der Waals surface area contributed by atoms with E-state index in [0.717, 1.165) is 29.1 Å². The zero-order valence-electron chi connectivity index (χ0n) is 14.3. The third kappa shape index (κ3) is 4.75. The van der Waals surface area contributed by atoms with Crippen molar-refractivity contribution in [2.24, 2.45) is 5.92 Å². The lowest BCUT2D eigenvalue weighted by atomic mass is 10.1. The second-order valence-electron chi connectivity index (χ2n) is 6.12. The van der Waals surface area contributed by atoms with E-state index in [0.29, 0.717) is 11.6 Å². The van der Waals surface area contributed by atoms with E-state index >= 15 is 0 Å². The molecule has 2 aromatic heterocycles. The van der Waals surface area contributed by atoms with E-state index in [1.54, 1.807) is 6.92 Å². The number of nitrogens with one attached hydrogen (secondary N) is 1. The maximum absolute atomic E-state index is 12.3. The van der Waals surface area contributed by atoms with Gasteiger partial charge in [0.2, 0.25) is 5.91 Å². The standard InChI is InChI=1S/C15H19Cl2N3O3S2/c1-8(2)7-20-10(4)11(9(3)18-20)5-14(21)19-25(22,23)12-6-13(16)24-15(12)17/h6,8H,5,7H2,1-4H3,(H,19,21). The predicted octanol–water partition coefficient (Wildman–Crippen LogP) is 3.57. The van der Waals surface area contributed by atoms with E-state index < -0.39 is 15.9 Å². The van der Waals surface area contributed by atoms with Gasteiger partial charge in [0, 0.05) is 17.8 Å². The van der Waals surface area contributed by atoms with Gasteiger partial charge >= 0.3 is 0 Å².